The van der Waals surface area contributed by atoms with E-state index in [1.54, 1.807) is 30.2 Å². The fraction of sp³-hybridized carbons (Fsp3) is 0.294. The monoisotopic (exact) mass is 605 g/mol. The van der Waals surface area contributed by atoms with Crippen LogP contribution in [-0.4, -0.2) is 46.4 Å². The molecule has 0 saturated heterocycles. The molecule has 0 radical (unpaired) electrons. The van der Waals surface area contributed by atoms with Gasteiger partial charge in [-0.2, -0.15) is 0 Å². The number of aromatic nitrogens is 1. The largest absolute Gasteiger partial charge is 0.497 e. The lowest BCUT2D eigenvalue weighted by atomic mass is 10.1. The molecule has 0 saturated carbocycles. The molecule has 4 rings (SSSR count). The van der Waals surface area contributed by atoms with E-state index < -0.39 is 0 Å². The van der Waals surface area contributed by atoms with Gasteiger partial charge in [-0.05, 0) is 60.0 Å². The molecule has 0 spiro atoms. The molecule has 0 fully saturated rings. The first kappa shape index (κ1) is 31.2. The Morgan fingerprint density at radius 3 is 2.33 bits per heavy atom. The summed E-state index contributed by atoms with van der Waals surface area (Å²) in [6.07, 6.45) is 4.79. The number of rotatable bonds is 14. The van der Waals surface area contributed by atoms with Gasteiger partial charge in [-0.15, -0.1) is 0 Å². The van der Waals surface area contributed by atoms with Gasteiger partial charge >= 0.3 is 0 Å². The van der Waals surface area contributed by atoms with Crippen LogP contribution in [0.15, 0.2) is 91.1 Å². The first-order valence-electron chi connectivity index (χ1n) is 14.2. The summed E-state index contributed by atoms with van der Waals surface area (Å²) in [5, 5.41) is 0.692. The number of methoxy groups -OCH3 is 1. The molecule has 3 aromatic carbocycles. The molecule has 0 bridgehead atoms. The van der Waals surface area contributed by atoms with Gasteiger partial charge in [-0.3, -0.25) is 9.59 Å². The molecule has 220 valence electrons. The second-order valence-corrected chi connectivity index (χ2v) is 11.1. The highest BCUT2D eigenvalue weighted by Crippen LogP contribution is 2.24. The van der Waals surface area contributed by atoms with Crippen LogP contribution in [0.25, 0.3) is 0 Å². The van der Waals surface area contributed by atoms with Gasteiger partial charge < -0.3 is 19.1 Å². The summed E-state index contributed by atoms with van der Waals surface area (Å²) in [6.45, 7) is 4.02. The zero-order chi connectivity index (χ0) is 29.9. The lowest BCUT2D eigenvalue weighted by Crippen LogP contribution is -2.43. The fourth-order valence-electron chi connectivity index (χ4n) is 4.83. The van der Waals surface area contributed by atoms with E-state index in [-0.39, 0.29) is 18.4 Å². The minimum absolute atomic E-state index is 0.0355. The van der Waals surface area contributed by atoms with Crippen molar-refractivity contribution in [2.24, 2.45) is 0 Å². The molecule has 4 aromatic rings. The summed E-state index contributed by atoms with van der Waals surface area (Å²) >= 11 is 12.3. The molecule has 0 unspecified atom stereocenters. The second kappa shape index (κ2) is 15.5. The third-order valence-corrected chi connectivity index (χ3v) is 7.88. The average molecular weight is 607 g/mol. The summed E-state index contributed by atoms with van der Waals surface area (Å²) in [5.74, 6) is 0.439. The number of carbonyl (C=O) groups is 2. The first-order valence-corrected chi connectivity index (χ1v) is 15.0. The summed E-state index contributed by atoms with van der Waals surface area (Å²) in [6, 6.07) is 26.7. The van der Waals surface area contributed by atoms with E-state index in [0.717, 1.165) is 41.8 Å². The Morgan fingerprint density at radius 1 is 0.810 bits per heavy atom. The Bertz CT molecular complexity index is 1470. The smallest absolute Gasteiger partial charge is 0.254 e. The van der Waals surface area contributed by atoms with Crippen molar-refractivity contribution in [3.63, 3.8) is 0 Å². The van der Waals surface area contributed by atoms with E-state index in [1.165, 1.54) is 0 Å². The SMILES string of the molecule is CCCCCN(CC(=O)N(Cc1ccccc1)Cc1cccn1Cc1cccc(OC)c1)C(=O)c1ccc(Cl)c(Cl)c1. The third kappa shape index (κ3) is 8.63. The quantitative estimate of drug-likeness (QED) is 0.138. The highest BCUT2D eigenvalue weighted by molar-refractivity contribution is 6.42. The summed E-state index contributed by atoms with van der Waals surface area (Å²) in [5.41, 5.74) is 3.53. The van der Waals surface area contributed by atoms with E-state index in [9.17, 15) is 9.59 Å². The van der Waals surface area contributed by atoms with Crippen LogP contribution in [0.5, 0.6) is 5.75 Å². The molecule has 0 aliphatic carbocycles. The number of benzene rings is 3. The zero-order valence-electron chi connectivity index (χ0n) is 24.1. The van der Waals surface area contributed by atoms with Crippen LogP contribution in [0.1, 0.15) is 53.4 Å². The van der Waals surface area contributed by atoms with Crippen molar-refractivity contribution in [1.82, 2.24) is 14.4 Å². The van der Waals surface area contributed by atoms with Crippen molar-refractivity contribution in [2.75, 3.05) is 20.2 Å². The van der Waals surface area contributed by atoms with E-state index in [2.05, 4.69) is 17.6 Å². The number of halogens is 2. The Labute approximate surface area is 258 Å². The van der Waals surface area contributed by atoms with Crippen molar-refractivity contribution >= 4 is 35.0 Å². The molecule has 0 atom stereocenters. The van der Waals surface area contributed by atoms with Crippen molar-refractivity contribution in [3.8, 4) is 5.75 Å². The van der Waals surface area contributed by atoms with E-state index in [4.69, 9.17) is 27.9 Å². The number of hydrogen-bond acceptors (Lipinski definition) is 3. The van der Waals surface area contributed by atoms with Crippen LogP contribution in [0, 0.1) is 0 Å². The maximum absolute atomic E-state index is 14.0. The fourth-order valence-corrected chi connectivity index (χ4v) is 5.12. The molecule has 1 heterocycles. The predicted molar refractivity (Wildman–Crippen MR) is 169 cm³/mol. The molecule has 8 heteroatoms. The van der Waals surface area contributed by atoms with Crippen LogP contribution >= 0.6 is 23.2 Å². The molecule has 42 heavy (non-hydrogen) atoms. The van der Waals surface area contributed by atoms with Gasteiger partial charge in [-0.1, -0.05) is 85.4 Å². The predicted octanol–water partition coefficient (Wildman–Crippen LogP) is 7.71. The van der Waals surface area contributed by atoms with Gasteiger partial charge in [0.1, 0.15) is 12.3 Å². The lowest BCUT2D eigenvalue weighted by molar-refractivity contribution is -0.133. The summed E-state index contributed by atoms with van der Waals surface area (Å²) in [4.78, 5) is 31.0. The zero-order valence-corrected chi connectivity index (χ0v) is 25.7. The Kier molecular flexibility index (Phi) is 11.5. The average Bonchev–Trinajstić information content (AvgIpc) is 3.44. The topological polar surface area (TPSA) is 54.8 Å². The van der Waals surface area contributed by atoms with Crippen molar-refractivity contribution in [2.45, 2.75) is 45.8 Å². The van der Waals surface area contributed by atoms with Crippen LogP contribution in [0.4, 0.5) is 0 Å². The number of ether oxygens (including phenoxy) is 1. The molecule has 0 N–H and O–H groups in total. The molecule has 6 nitrogen and oxygen atoms in total. The highest BCUT2D eigenvalue weighted by atomic mass is 35.5. The minimum Gasteiger partial charge on any atom is -0.497 e. The molecule has 1 aromatic heterocycles. The van der Waals surface area contributed by atoms with E-state index in [0.29, 0.717) is 41.8 Å². The Balaban J connectivity index is 1.57. The number of unbranched alkanes of at least 4 members (excludes halogenated alkanes) is 2. The van der Waals surface area contributed by atoms with E-state index in [1.807, 2.05) is 71.8 Å². The van der Waals surface area contributed by atoms with Gasteiger partial charge in [0.2, 0.25) is 5.91 Å². The van der Waals surface area contributed by atoms with Gasteiger partial charge in [0.25, 0.3) is 5.91 Å². The second-order valence-electron chi connectivity index (χ2n) is 10.3. The van der Waals surface area contributed by atoms with E-state index >= 15 is 0 Å². The highest BCUT2D eigenvalue weighted by Gasteiger charge is 2.24. The first-order chi connectivity index (χ1) is 20.4. The maximum Gasteiger partial charge on any atom is 0.254 e. The molecule has 2 amide bonds. The van der Waals surface area contributed by atoms with Gasteiger partial charge in [0, 0.05) is 37.1 Å². The van der Waals surface area contributed by atoms with Crippen molar-refractivity contribution in [3.05, 3.63) is 124 Å². The molecular weight excluding hydrogens is 569 g/mol. The number of amides is 2. The van der Waals surface area contributed by atoms with Gasteiger partial charge in [0.15, 0.2) is 0 Å². The number of carbonyl (C=O) groups excluding carboxylic acids is 2. The van der Waals surface area contributed by atoms with Crippen LogP contribution in [-0.2, 0) is 24.4 Å². The maximum atomic E-state index is 14.0. The van der Waals surface area contributed by atoms with Gasteiger partial charge in [0.05, 0.1) is 23.7 Å². The van der Waals surface area contributed by atoms with Crippen molar-refractivity contribution < 1.29 is 14.3 Å². The van der Waals surface area contributed by atoms with Crippen LogP contribution < -0.4 is 4.74 Å². The molecule has 0 aliphatic heterocycles. The third-order valence-electron chi connectivity index (χ3n) is 7.14. The van der Waals surface area contributed by atoms with Crippen LogP contribution in [0.2, 0.25) is 10.0 Å². The number of nitrogens with zero attached hydrogens (tertiary/aromatic N) is 3. The summed E-state index contributed by atoms with van der Waals surface area (Å²) in [7, 11) is 1.66. The van der Waals surface area contributed by atoms with Crippen molar-refractivity contribution in [1.29, 1.82) is 0 Å². The minimum atomic E-state index is -0.237. The summed E-state index contributed by atoms with van der Waals surface area (Å²) < 4.78 is 7.53. The number of hydrogen-bond donors (Lipinski definition) is 0. The normalized spacial score (nSPS) is 10.9. The van der Waals surface area contributed by atoms with Gasteiger partial charge in [-0.25, -0.2) is 0 Å². The Morgan fingerprint density at radius 2 is 1.60 bits per heavy atom. The lowest BCUT2D eigenvalue weighted by Gasteiger charge is -2.28. The molecular formula is C34H37Cl2N3O3. The standard InChI is InChI=1S/C34H37Cl2N3O3/c1-3-4-8-18-38(34(41)28-16-17-31(35)32(36)21-28)25-33(40)39(22-26-11-6-5-7-12-26)24-29-14-10-19-37(29)23-27-13-9-15-30(20-27)42-2/h5-7,9-17,19-21H,3-4,8,18,22-25H2,1-2H3. The molecule has 0 aliphatic rings. The Hall–Kier alpha value is -3.74. The van der Waals surface area contributed by atoms with Crippen LogP contribution in [0.3, 0.4) is 0 Å².